The molecule has 0 saturated carbocycles. The molecule has 1 N–H and O–H groups in total. The first-order chi connectivity index (χ1) is 11.2. The average molecular weight is 325 g/mol. The van der Waals surface area contributed by atoms with Gasteiger partial charge in [0.05, 0.1) is 18.3 Å². The molecule has 1 amide bonds. The molecule has 0 bridgehead atoms. The molecule has 0 aliphatic rings. The summed E-state index contributed by atoms with van der Waals surface area (Å²) in [5.41, 5.74) is 3.32. The van der Waals surface area contributed by atoms with Gasteiger partial charge < -0.3 is 5.32 Å². The van der Waals surface area contributed by atoms with Crippen molar-refractivity contribution >= 4 is 23.2 Å². The smallest absolute Gasteiger partial charge is 0.230 e. The predicted molar refractivity (Wildman–Crippen MR) is 89.0 cm³/mol. The van der Waals surface area contributed by atoms with Crippen LogP contribution in [0.4, 0.5) is 5.69 Å². The molecule has 2 heterocycles. The van der Waals surface area contributed by atoms with E-state index in [1.807, 2.05) is 36.4 Å². The monoisotopic (exact) mass is 324 g/mol. The molecule has 0 spiro atoms. The van der Waals surface area contributed by atoms with Gasteiger partial charge in [-0.3, -0.25) is 14.8 Å². The number of nitrogens with one attached hydrogen (secondary N) is 1. The normalized spacial score (nSPS) is 10.3. The van der Waals surface area contributed by atoms with Gasteiger partial charge in [0.15, 0.2) is 0 Å². The molecule has 0 aliphatic heterocycles. The van der Waals surface area contributed by atoms with Crippen LogP contribution in [0, 0.1) is 0 Å². The van der Waals surface area contributed by atoms with Gasteiger partial charge in [-0.25, -0.2) is 4.98 Å². The number of hydrogen-bond donors (Lipinski definition) is 1. The van der Waals surface area contributed by atoms with Crippen LogP contribution in [0.25, 0.3) is 11.1 Å². The van der Waals surface area contributed by atoms with Gasteiger partial charge in [0.1, 0.15) is 5.15 Å². The molecule has 6 heteroatoms. The minimum absolute atomic E-state index is 0.123. The molecule has 0 fully saturated rings. The van der Waals surface area contributed by atoms with Crippen molar-refractivity contribution in [1.29, 1.82) is 0 Å². The summed E-state index contributed by atoms with van der Waals surface area (Å²) in [5.74, 6) is -0.171. The van der Waals surface area contributed by atoms with E-state index in [1.165, 1.54) is 12.4 Å². The van der Waals surface area contributed by atoms with Crippen LogP contribution < -0.4 is 5.32 Å². The molecule has 0 atom stereocenters. The van der Waals surface area contributed by atoms with Crippen LogP contribution in [0.15, 0.2) is 61.2 Å². The summed E-state index contributed by atoms with van der Waals surface area (Å²) in [6, 6.07) is 11.4. The summed E-state index contributed by atoms with van der Waals surface area (Å²) in [7, 11) is 0. The van der Waals surface area contributed by atoms with E-state index >= 15 is 0 Å². The molecule has 0 saturated heterocycles. The first-order valence-corrected chi connectivity index (χ1v) is 7.35. The van der Waals surface area contributed by atoms with Crippen LogP contribution in [0.3, 0.4) is 0 Å². The minimum Gasteiger partial charge on any atom is -0.326 e. The van der Waals surface area contributed by atoms with Crippen molar-refractivity contribution in [3.8, 4) is 11.1 Å². The lowest BCUT2D eigenvalue weighted by Crippen LogP contribution is -2.15. The fourth-order valence-electron chi connectivity index (χ4n) is 2.11. The van der Waals surface area contributed by atoms with Crippen LogP contribution in [-0.4, -0.2) is 20.9 Å². The second-order valence-electron chi connectivity index (χ2n) is 4.88. The number of halogens is 1. The highest BCUT2D eigenvalue weighted by molar-refractivity contribution is 6.29. The maximum Gasteiger partial charge on any atom is 0.230 e. The van der Waals surface area contributed by atoms with Crippen molar-refractivity contribution < 1.29 is 4.79 Å². The van der Waals surface area contributed by atoms with E-state index in [0.29, 0.717) is 5.69 Å². The van der Waals surface area contributed by atoms with E-state index in [-0.39, 0.29) is 17.5 Å². The highest BCUT2D eigenvalue weighted by atomic mass is 35.5. The number of nitrogens with zero attached hydrogens (tertiary/aromatic N) is 3. The molecule has 3 rings (SSSR count). The average Bonchev–Trinajstić information content (AvgIpc) is 2.56. The second-order valence-corrected chi connectivity index (χ2v) is 5.26. The van der Waals surface area contributed by atoms with Crippen molar-refractivity contribution in [2.24, 2.45) is 0 Å². The first kappa shape index (κ1) is 15.1. The van der Waals surface area contributed by atoms with Crippen LogP contribution in [0.2, 0.25) is 5.15 Å². The SMILES string of the molecule is O=C(Cc1cncc(Cl)n1)Nc1ccc(-c2cccnc2)cc1. The highest BCUT2D eigenvalue weighted by Gasteiger charge is 2.06. The quantitative estimate of drug-likeness (QED) is 0.799. The third-order valence-corrected chi connectivity index (χ3v) is 3.34. The molecule has 2 aromatic heterocycles. The molecule has 5 nitrogen and oxygen atoms in total. The Kier molecular flexibility index (Phi) is 4.59. The summed E-state index contributed by atoms with van der Waals surface area (Å²) in [6.07, 6.45) is 6.61. The topological polar surface area (TPSA) is 67.8 Å². The van der Waals surface area contributed by atoms with E-state index in [0.717, 1.165) is 16.8 Å². The molecular weight excluding hydrogens is 312 g/mol. The third-order valence-electron chi connectivity index (χ3n) is 3.16. The lowest BCUT2D eigenvalue weighted by Gasteiger charge is -2.06. The summed E-state index contributed by atoms with van der Waals surface area (Å²) in [6.45, 7) is 0. The highest BCUT2D eigenvalue weighted by Crippen LogP contribution is 2.20. The van der Waals surface area contributed by atoms with Gasteiger partial charge in [0.25, 0.3) is 0 Å². The van der Waals surface area contributed by atoms with E-state index in [4.69, 9.17) is 11.6 Å². The minimum atomic E-state index is -0.171. The number of pyridine rings is 1. The molecule has 0 unspecified atom stereocenters. The Morgan fingerprint density at radius 3 is 2.52 bits per heavy atom. The summed E-state index contributed by atoms with van der Waals surface area (Å²) in [4.78, 5) is 24.1. The van der Waals surface area contributed by atoms with E-state index in [1.54, 1.807) is 12.4 Å². The van der Waals surface area contributed by atoms with E-state index < -0.39 is 0 Å². The number of benzene rings is 1. The van der Waals surface area contributed by atoms with Crippen molar-refractivity contribution in [3.05, 3.63) is 72.0 Å². The summed E-state index contributed by atoms with van der Waals surface area (Å²) >= 11 is 5.75. The van der Waals surface area contributed by atoms with Crippen LogP contribution in [0.1, 0.15) is 5.69 Å². The van der Waals surface area contributed by atoms with Crippen LogP contribution in [-0.2, 0) is 11.2 Å². The van der Waals surface area contributed by atoms with Gasteiger partial charge in [-0.05, 0) is 29.3 Å². The number of carbonyl (C=O) groups is 1. The van der Waals surface area contributed by atoms with E-state index in [9.17, 15) is 4.79 Å². The Morgan fingerprint density at radius 1 is 1.00 bits per heavy atom. The Labute approximate surface area is 138 Å². The van der Waals surface area contributed by atoms with Gasteiger partial charge in [-0.2, -0.15) is 0 Å². The maximum absolute atomic E-state index is 12.0. The number of carbonyl (C=O) groups excluding carboxylic acids is 1. The molecule has 114 valence electrons. The fraction of sp³-hybridized carbons (Fsp3) is 0.0588. The number of aromatic nitrogens is 3. The zero-order valence-electron chi connectivity index (χ0n) is 12.1. The van der Waals surface area contributed by atoms with Gasteiger partial charge in [0, 0.05) is 24.3 Å². The molecule has 3 aromatic rings. The zero-order chi connectivity index (χ0) is 16.1. The van der Waals surface area contributed by atoms with Gasteiger partial charge >= 0.3 is 0 Å². The van der Waals surface area contributed by atoms with Crippen LogP contribution in [0.5, 0.6) is 0 Å². The van der Waals surface area contributed by atoms with Gasteiger partial charge in [0.2, 0.25) is 5.91 Å². The maximum atomic E-state index is 12.0. The van der Waals surface area contributed by atoms with Crippen molar-refractivity contribution in [1.82, 2.24) is 15.0 Å². The van der Waals surface area contributed by atoms with Crippen molar-refractivity contribution in [3.63, 3.8) is 0 Å². The molecule has 0 aliphatic carbocycles. The number of amides is 1. The second kappa shape index (κ2) is 6.98. The fourth-order valence-corrected chi connectivity index (χ4v) is 2.28. The lowest BCUT2D eigenvalue weighted by atomic mass is 10.1. The largest absolute Gasteiger partial charge is 0.326 e. The number of rotatable bonds is 4. The Balaban J connectivity index is 1.65. The standard InChI is InChI=1S/C17H13ClN4O/c18-16-11-20-10-15(21-16)8-17(23)22-14-5-3-12(4-6-14)13-2-1-7-19-9-13/h1-7,9-11H,8H2,(H,22,23). The molecule has 0 radical (unpaired) electrons. The molecule has 1 aromatic carbocycles. The summed E-state index contributed by atoms with van der Waals surface area (Å²) in [5, 5.41) is 3.10. The van der Waals surface area contributed by atoms with Crippen LogP contribution >= 0.6 is 11.6 Å². The van der Waals surface area contributed by atoms with E-state index in [2.05, 4.69) is 20.3 Å². The Hall–Kier alpha value is -2.79. The Bertz CT molecular complexity index is 806. The van der Waals surface area contributed by atoms with Gasteiger partial charge in [-0.1, -0.05) is 29.8 Å². The van der Waals surface area contributed by atoms with Crippen molar-refractivity contribution in [2.45, 2.75) is 6.42 Å². The summed E-state index contributed by atoms with van der Waals surface area (Å²) < 4.78 is 0. The number of hydrogen-bond acceptors (Lipinski definition) is 4. The zero-order valence-corrected chi connectivity index (χ0v) is 12.9. The van der Waals surface area contributed by atoms with Gasteiger partial charge in [-0.15, -0.1) is 0 Å². The predicted octanol–water partition coefficient (Wildman–Crippen LogP) is 3.37. The Morgan fingerprint density at radius 2 is 1.83 bits per heavy atom. The number of anilines is 1. The molecular formula is C17H13ClN4O. The molecule has 23 heavy (non-hydrogen) atoms. The third kappa shape index (κ3) is 4.11. The first-order valence-electron chi connectivity index (χ1n) is 6.97. The van der Waals surface area contributed by atoms with Crippen molar-refractivity contribution in [2.75, 3.05) is 5.32 Å². The lowest BCUT2D eigenvalue weighted by molar-refractivity contribution is -0.115.